The van der Waals surface area contributed by atoms with E-state index in [1.807, 2.05) is 0 Å². The van der Waals surface area contributed by atoms with Crippen molar-refractivity contribution in [3.05, 3.63) is 0 Å². The normalized spacial score (nSPS) is 38.3. The maximum absolute atomic E-state index is 10.4. The smallest absolute Gasteiger partial charge is 0.0958 e. The number of rotatable bonds is 2. The van der Waals surface area contributed by atoms with Crippen LogP contribution in [0.15, 0.2) is 0 Å². The lowest BCUT2D eigenvalue weighted by Gasteiger charge is -2.53. The second-order valence-electron chi connectivity index (χ2n) is 4.48. The molecule has 0 aromatic heterocycles. The van der Waals surface area contributed by atoms with E-state index in [1.54, 1.807) is 0 Å². The van der Waals surface area contributed by atoms with Crippen LogP contribution in [0.4, 0.5) is 0 Å². The standard InChI is InChI=1S/C10H18O3/c11-7-9(3-1-4-9)10(12)5-2-6-13-8-10/h11-12H,1-8H2. The van der Waals surface area contributed by atoms with E-state index in [0.717, 1.165) is 38.7 Å². The van der Waals surface area contributed by atoms with E-state index in [-0.39, 0.29) is 12.0 Å². The zero-order valence-corrected chi connectivity index (χ0v) is 7.96. The molecule has 0 amide bonds. The van der Waals surface area contributed by atoms with E-state index in [9.17, 15) is 10.2 Å². The minimum absolute atomic E-state index is 0.104. The van der Waals surface area contributed by atoms with Crippen LogP contribution in [0.3, 0.4) is 0 Å². The first-order valence-corrected chi connectivity index (χ1v) is 5.13. The van der Waals surface area contributed by atoms with E-state index >= 15 is 0 Å². The number of ether oxygens (including phenoxy) is 1. The average molecular weight is 186 g/mol. The molecule has 2 fully saturated rings. The van der Waals surface area contributed by atoms with Gasteiger partial charge in [-0.05, 0) is 25.7 Å². The molecule has 76 valence electrons. The van der Waals surface area contributed by atoms with Crippen LogP contribution in [-0.2, 0) is 4.74 Å². The molecule has 1 unspecified atom stereocenters. The second kappa shape index (κ2) is 3.23. The third kappa shape index (κ3) is 1.30. The molecule has 1 saturated carbocycles. The van der Waals surface area contributed by atoms with E-state index in [0.29, 0.717) is 6.61 Å². The molecule has 2 aliphatic rings. The first-order valence-electron chi connectivity index (χ1n) is 5.13. The number of aliphatic hydroxyl groups excluding tert-OH is 1. The maximum atomic E-state index is 10.4. The Kier molecular flexibility index (Phi) is 2.34. The summed E-state index contributed by atoms with van der Waals surface area (Å²) < 4.78 is 5.31. The van der Waals surface area contributed by atoms with E-state index in [2.05, 4.69) is 0 Å². The molecule has 2 N–H and O–H groups in total. The number of hydrogen-bond donors (Lipinski definition) is 2. The highest BCUT2D eigenvalue weighted by Gasteiger charge is 2.54. The highest BCUT2D eigenvalue weighted by atomic mass is 16.5. The first kappa shape index (κ1) is 9.44. The Hall–Kier alpha value is -0.120. The van der Waals surface area contributed by atoms with E-state index in [1.165, 1.54) is 0 Å². The van der Waals surface area contributed by atoms with E-state index < -0.39 is 5.60 Å². The molecule has 1 saturated heterocycles. The summed E-state index contributed by atoms with van der Waals surface area (Å²) in [7, 11) is 0. The van der Waals surface area contributed by atoms with Gasteiger partial charge in [0, 0.05) is 12.0 Å². The molecule has 0 aromatic rings. The van der Waals surface area contributed by atoms with Crippen LogP contribution >= 0.6 is 0 Å². The summed E-state index contributed by atoms with van der Waals surface area (Å²) in [5.74, 6) is 0. The molecule has 3 heteroatoms. The Morgan fingerprint density at radius 2 is 1.92 bits per heavy atom. The fraction of sp³-hybridized carbons (Fsp3) is 1.00. The van der Waals surface area contributed by atoms with Gasteiger partial charge in [0.25, 0.3) is 0 Å². The van der Waals surface area contributed by atoms with Crippen LogP contribution in [0.25, 0.3) is 0 Å². The second-order valence-corrected chi connectivity index (χ2v) is 4.48. The van der Waals surface area contributed by atoms with Crippen LogP contribution in [0.2, 0.25) is 0 Å². The highest BCUT2D eigenvalue weighted by Crippen LogP contribution is 2.51. The Morgan fingerprint density at radius 3 is 2.31 bits per heavy atom. The van der Waals surface area contributed by atoms with Gasteiger partial charge in [-0.15, -0.1) is 0 Å². The van der Waals surface area contributed by atoms with Crippen molar-refractivity contribution in [3.8, 4) is 0 Å². The summed E-state index contributed by atoms with van der Waals surface area (Å²) >= 11 is 0. The fourth-order valence-electron chi connectivity index (χ4n) is 2.57. The molecule has 1 atom stereocenters. The fourth-order valence-corrected chi connectivity index (χ4v) is 2.57. The Balaban J connectivity index is 2.10. The van der Waals surface area contributed by atoms with Gasteiger partial charge in [-0.1, -0.05) is 6.42 Å². The van der Waals surface area contributed by atoms with E-state index in [4.69, 9.17) is 4.74 Å². The van der Waals surface area contributed by atoms with Crippen molar-refractivity contribution in [2.75, 3.05) is 19.8 Å². The van der Waals surface area contributed by atoms with Crippen LogP contribution in [0.1, 0.15) is 32.1 Å². The van der Waals surface area contributed by atoms with Crippen molar-refractivity contribution in [1.29, 1.82) is 0 Å². The van der Waals surface area contributed by atoms with Crippen LogP contribution in [0, 0.1) is 5.41 Å². The lowest BCUT2D eigenvalue weighted by atomic mass is 9.57. The highest BCUT2D eigenvalue weighted by molar-refractivity contribution is 5.04. The maximum Gasteiger partial charge on any atom is 0.0958 e. The molecule has 0 spiro atoms. The summed E-state index contributed by atoms with van der Waals surface area (Å²) in [6.07, 6.45) is 4.72. The van der Waals surface area contributed by atoms with Gasteiger partial charge in [0.05, 0.1) is 18.8 Å². The van der Waals surface area contributed by atoms with Gasteiger partial charge >= 0.3 is 0 Å². The third-order valence-corrected chi connectivity index (χ3v) is 3.82. The quantitative estimate of drug-likeness (QED) is 0.667. The summed E-state index contributed by atoms with van der Waals surface area (Å²) in [6.45, 7) is 1.27. The first-order chi connectivity index (χ1) is 6.22. The lowest BCUT2D eigenvalue weighted by Crippen LogP contribution is -2.58. The van der Waals surface area contributed by atoms with Crippen molar-refractivity contribution in [2.45, 2.75) is 37.7 Å². The van der Waals surface area contributed by atoms with Gasteiger partial charge in [0.15, 0.2) is 0 Å². The molecular formula is C10H18O3. The molecule has 2 rings (SSSR count). The van der Waals surface area contributed by atoms with Gasteiger partial charge in [-0.3, -0.25) is 0 Å². The minimum atomic E-state index is -0.752. The Bertz CT molecular complexity index is 175. The summed E-state index contributed by atoms with van der Waals surface area (Å²) in [6, 6.07) is 0. The zero-order chi connectivity index (χ0) is 9.36. The largest absolute Gasteiger partial charge is 0.396 e. The number of hydrogen-bond acceptors (Lipinski definition) is 3. The summed E-state index contributed by atoms with van der Waals surface area (Å²) in [4.78, 5) is 0. The van der Waals surface area contributed by atoms with Crippen molar-refractivity contribution >= 4 is 0 Å². The van der Waals surface area contributed by atoms with Gasteiger partial charge in [0.2, 0.25) is 0 Å². The predicted octanol–water partition coefficient (Wildman–Crippen LogP) is 0.690. The predicted molar refractivity (Wildman–Crippen MR) is 48.4 cm³/mol. The molecule has 1 aliphatic heterocycles. The number of aliphatic hydroxyl groups is 2. The monoisotopic (exact) mass is 186 g/mol. The van der Waals surface area contributed by atoms with Crippen LogP contribution in [-0.4, -0.2) is 35.6 Å². The summed E-state index contributed by atoms with van der Waals surface area (Å²) in [5.41, 5.74) is -0.994. The minimum Gasteiger partial charge on any atom is -0.396 e. The third-order valence-electron chi connectivity index (χ3n) is 3.82. The Morgan fingerprint density at radius 1 is 1.15 bits per heavy atom. The molecule has 0 radical (unpaired) electrons. The van der Waals surface area contributed by atoms with Crippen LogP contribution in [0.5, 0.6) is 0 Å². The molecular weight excluding hydrogens is 168 g/mol. The van der Waals surface area contributed by atoms with Crippen molar-refractivity contribution in [2.24, 2.45) is 5.41 Å². The molecule has 0 bridgehead atoms. The van der Waals surface area contributed by atoms with Crippen LogP contribution < -0.4 is 0 Å². The lowest BCUT2D eigenvalue weighted by molar-refractivity contribution is -0.202. The molecule has 3 nitrogen and oxygen atoms in total. The molecule has 1 heterocycles. The van der Waals surface area contributed by atoms with Crippen molar-refractivity contribution in [1.82, 2.24) is 0 Å². The van der Waals surface area contributed by atoms with Gasteiger partial charge < -0.3 is 14.9 Å². The molecule has 1 aliphatic carbocycles. The van der Waals surface area contributed by atoms with Gasteiger partial charge in [-0.2, -0.15) is 0 Å². The zero-order valence-electron chi connectivity index (χ0n) is 7.96. The summed E-state index contributed by atoms with van der Waals surface area (Å²) in [5, 5.41) is 19.7. The van der Waals surface area contributed by atoms with Crippen molar-refractivity contribution in [3.63, 3.8) is 0 Å². The topological polar surface area (TPSA) is 49.7 Å². The van der Waals surface area contributed by atoms with Crippen molar-refractivity contribution < 1.29 is 14.9 Å². The average Bonchev–Trinajstić information content (AvgIpc) is 2.04. The van der Waals surface area contributed by atoms with Gasteiger partial charge in [0.1, 0.15) is 0 Å². The van der Waals surface area contributed by atoms with Gasteiger partial charge in [-0.25, -0.2) is 0 Å². The SMILES string of the molecule is OCC1(C2(O)CCCOC2)CCC1. The molecule has 0 aromatic carbocycles. The Labute approximate surface area is 78.7 Å². The molecule has 13 heavy (non-hydrogen) atoms.